The minimum absolute atomic E-state index is 0.00516. The Hall–Kier alpha value is -1.72. The molecule has 0 unspecified atom stereocenters. The Labute approximate surface area is 133 Å². The summed E-state index contributed by atoms with van der Waals surface area (Å²) in [5, 5.41) is 11.2. The summed E-state index contributed by atoms with van der Waals surface area (Å²) in [7, 11) is 0. The molecule has 1 heterocycles. The number of ether oxygens (including phenoxy) is 1. The number of unbranched alkanes of at least 4 members (excludes halogenated alkanes) is 9. The summed E-state index contributed by atoms with van der Waals surface area (Å²) in [6.07, 6.45) is 12.8. The SMILES string of the molecule is CCCCCCCCCCCCOc1cc(N)[n+]([O-])c(N)n1. The van der Waals surface area contributed by atoms with Gasteiger partial charge in [-0.1, -0.05) is 69.7 Å². The minimum Gasteiger partial charge on any atom is -0.754 e. The average Bonchev–Trinajstić information content (AvgIpc) is 2.50. The quantitative estimate of drug-likeness (QED) is 0.351. The van der Waals surface area contributed by atoms with Crippen LogP contribution >= 0.6 is 0 Å². The standard InChI is InChI=1S/C16H30N4O2/c1-2-3-4-5-6-7-8-9-10-11-12-22-15-13-14(17)20(21)16(18)19-15/h13H,2-12,17H2,1H3,(H2,18,19). The molecule has 0 saturated carbocycles. The number of rotatable bonds is 12. The molecule has 0 saturated heterocycles. The number of nitrogens with zero attached hydrogens (tertiary/aromatic N) is 2. The molecule has 6 heteroatoms. The molecule has 0 atom stereocenters. The van der Waals surface area contributed by atoms with Crippen molar-refractivity contribution in [3.05, 3.63) is 11.3 Å². The summed E-state index contributed by atoms with van der Waals surface area (Å²) < 4.78 is 5.85. The Morgan fingerprint density at radius 2 is 1.55 bits per heavy atom. The molecule has 4 N–H and O–H groups in total. The van der Waals surface area contributed by atoms with Crippen LogP contribution in [0.15, 0.2) is 6.07 Å². The fourth-order valence-corrected chi connectivity index (χ4v) is 2.35. The van der Waals surface area contributed by atoms with Crippen LogP contribution < -0.4 is 20.9 Å². The maximum atomic E-state index is 11.2. The first-order chi connectivity index (χ1) is 10.6. The molecule has 126 valence electrons. The van der Waals surface area contributed by atoms with Crippen LogP contribution in [0.5, 0.6) is 5.88 Å². The molecule has 22 heavy (non-hydrogen) atoms. The fourth-order valence-electron chi connectivity index (χ4n) is 2.35. The highest BCUT2D eigenvalue weighted by Crippen LogP contribution is 2.13. The number of hydrogen-bond acceptors (Lipinski definition) is 5. The van der Waals surface area contributed by atoms with Gasteiger partial charge in [-0.25, -0.2) is 4.73 Å². The lowest BCUT2D eigenvalue weighted by Crippen LogP contribution is -2.35. The van der Waals surface area contributed by atoms with Gasteiger partial charge in [0.25, 0.3) is 5.88 Å². The van der Waals surface area contributed by atoms with E-state index in [-0.39, 0.29) is 11.8 Å². The summed E-state index contributed by atoms with van der Waals surface area (Å²) in [6, 6.07) is 1.40. The van der Waals surface area contributed by atoms with Gasteiger partial charge in [0, 0.05) is 0 Å². The van der Waals surface area contributed by atoms with Crippen molar-refractivity contribution in [1.29, 1.82) is 0 Å². The van der Waals surface area contributed by atoms with E-state index in [1.165, 1.54) is 57.4 Å². The van der Waals surface area contributed by atoms with Crippen LogP contribution in [-0.4, -0.2) is 11.6 Å². The number of nitrogens with two attached hydrogens (primary N) is 2. The summed E-state index contributed by atoms with van der Waals surface area (Å²) in [6.45, 7) is 2.82. The van der Waals surface area contributed by atoms with Crippen molar-refractivity contribution in [2.45, 2.75) is 71.1 Å². The average molecular weight is 310 g/mol. The van der Waals surface area contributed by atoms with Crippen molar-refractivity contribution in [2.24, 2.45) is 0 Å². The smallest absolute Gasteiger partial charge is 0.347 e. The van der Waals surface area contributed by atoms with Crippen LogP contribution in [0.4, 0.5) is 11.8 Å². The van der Waals surface area contributed by atoms with Crippen molar-refractivity contribution in [3.8, 4) is 5.88 Å². The molecular weight excluding hydrogens is 280 g/mol. The van der Waals surface area contributed by atoms with E-state index in [9.17, 15) is 5.21 Å². The number of nitrogen functional groups attached to an aromatic ring is 2. The van der Waals surface area contributed by atoms with Gasteiger partial charge < -0.3 is 21.4 Å². The second-order valence-corrected chi connectivity index (χ2v) is 5.70. The fraction of sp³-hybridized carbons (Fsp3) is 0.750. The van der Waals surface area contributed by atoms with E-state index >= 15 is 0 Å². The van der Waals surface area contributed by atoms with Gasteiger partial charge in [0.2, 0.25) is 0 Å². The van der Waals surface area contributed by atoms with Crippen LogP contribution in [-0.2, 0) is 0 Å². The lowest BCUT2D eigenvalue weighted by Gasteiger charge is -2.10. The largest absolute Gasteiger partial charge is 0.754 e. The topological polar surface area (TPSA) is 101 Å². The Morgan fingerprint density at radius 3 is 2.09 bits per heavy atom. The van der Waals surface area contributed by atoms with E-state index < -0.39 is 0 Å². The first-order valence-electron chi connectivity index (χ1n) is 8.43. The Kier molecular flexibility index (Phi) is 9.11. The van der Waals surface area contributed by atoms with Gasteiger partial charge in [-0.3, -0.25) is 0 Å². The Morgan fingerprint density at radius 1 is 1.00 bits per heavy atom. The highest BCUT2D eigenvalue weighted by atomic mass is 16.5. The van der Waals surface area contributed by atoms with E-state index in [1.54, 1.807) is 0 Å². The zero-order valence-electron chi connectivity index (χ0n) is 13.7. The molecule has 0 aliphatic rings. The molecule has 0 amide bonds. The predicted octanol–water partition coefficient (Wildman–Crippen LogP) is 3.18. The summed E-state index contributed by atoms with van der Waals surface area (Å²) in [5.41, 5.74) is 10.9. The molecule has 0 bridgehead atoms. The molecule has 0 aromatic carbocycles. The molecule has 0 fully saturated rings. The van der Waals surface area contributed by atoms with Gasteiger partial charge in [0.15, 0.2) is 5.82 Å². The predicted molar refractivity (Wildman–Crippen MR) is 89.4 cm³/mol. The third-order valence-electron chi connectivity index (χ3n) is 3.69. The highest BCUT2D eigenvalue weighted by Gasteiger charge is 2.08. The second-order valence-electron chi connectivity index (χ2n) is 5.70. The second kappa shape index (κ2) is 10.9. The van der Waals surface area contributed by atoms with Crippen LogP contribution in [0.1, 0.15) is 71.1 Å². The molecule has 1 aromatic rings. The lowest BCUT2D eigenvalue weighted by molar-refractivity contribution is -0.577. The monoisotopic (exact) mass is 310 g/mol. The number of anilines is 2. The molecule has 1 rings (SSSR count). The van der Waals surface area contributed by atoms with Crippen LogP contribution in [0.25, 0.3) is 0 Å². The van der Waals surface area contributed by atoms with E-state index in [0.717, 1.165) is 12.8 Å². The maximum Gasteiger partial charge on any atom is 0.347 e. The first-order valence-corrected chi connectivity index (χ1v) is 8.43. The third kappa shape index (κ3) is 7.33. The van der Waals surface area contributed by atoms with Crippen molar-refractivity contribution >= 4 is 11.8 Å². The van der Waals surface area contributed by atoms with Crippen molar-refractivity contribution in [1.82, 2.24) is 4.98 Å². The van der Waals surface area contributed by atoms with E-state index in [1.807, 2.05) is 0 Å². The summed E-state index contributed by atoms with van der Waals surface area (Å²) in [5.74, 6) is 0.140. The van der Waals surface area contributed by atoms with E-state index in [4.69, 9.17) is 16.2 Å². The normalized spacial score (nSPS) is 10.8. The number of aromatic nitrogens is 2. The Bertz CT molecular complexity index is 404. The molecule has 0 aliphatic carbocycles. The lowest BCUT2D eigenvalue weighted by atomic mass is 10.1. The van der Waals surface area contributed by atoms with Gasteiger partial charge in [0.1, 0.15) is 0 Å². The Balaban J connectivity index is 2.00. The number of hydrogen-bond donors (Lipinski definition) is 2. The van der Waals surface area contributed by atoms with Gasteiger partial charge in [-0.05, 0) is 6.42 Å². The van der Waals surface area contributed by atoms with Crippen molar-refractivity contribution in [3.63, 3.8) is 0 Å². The van der Waals surface area contributed by atoms with Crippen LogP contribution in [0.3, 0.4) is 0 Å². The zero-order chi connectivity index (χ0) is 16.2. The molecule has 0 aliphatic heterocycles. The van der Waals surface area contributed by atoms with Crippen molar-refractivity contribution in [2.75, 3.05) is 18.1 Å². The van der Waals surface area contributed by atoms with E-state index in [2.05, 4.69) is 11.9 Å². The molecule has 0 radical (unpaired) electrons. The summed E-state index contributed by atoms with van der Waals surface area (Å²) in [4.78, 5) is 3.84. The van der Waals surface area contributed by atoms with Gasteiger partial charge >= 0.3 is 5.95 Å². The summed E-state index contributed by atoms with van der Waals surface area (Å²) >= 11 is 0. The minimum atomic E-state index is -0.182. The van der Waals surface area contributed by atoms with E-state index in [0.29, 0.717) is 17.2 Å². The zero-order valence-corrected chi connectivity index (χ0v) is 13.7. The van der Waals surface area contributed by atoms with Crippen LogP contribution in [0, 0.1) is 5.21 Å². The maximum absolute atomic E-state index is 11.2. The highest BCUT2D eigenvalue weighted by molar-refractivity contribution is 5.31. The van der Waals surface area contributed by atoms with Gasteiger partial charge in [-0.2, -0.15) is 0 Å². The molecular formula is C16H30N4O2. The molecule has 1 aromatic heterocycles. The molecule has 0 spiro atoms. The first kappa shape index (κ1) is 18.3. The van der Waals surface area contributed by atoms with Gasteiger partial charge in [-0.15, -0.1) is 0 Å². The third-order valence-corrected chi connectivity index (χ3v) is 3.69. The van der Waals surface area contributed by atoms with Gasteiger partial charge in [0.05, 0.1) is 12.7 Å². The molecule has 6 nitrogen and oxygen atoms in total. The van der Waals surface area contributed by atoms with Crippen LogP contribution in [0.2, 0.25) is 0 Å². The van der Waals surface area contributed by atoms with Crippen molar-refractivity contribution < 1.29 is 9.47 Å².